The first-order valence-electron chi connectivity index (χ1n) is 3.63. The Hall–Kier alpha value is -1.63. The van der Waals surface area contributed by atoms with Crippen molar-refractivity contribution in [2.75, 3.05) is 0 Å². The number of aliphatic carboxylic acids is 4. The molecule has 0 N–H and O–H groups in total. The molecule has 0 aliphatic carbocycles. The van der Waals surface area contributed by atoms with E-state index in [1.165, 1.54) is 0 Å². The zero-order valence-corrected chi connectivity index (χ0v) is 10.6. The first-order chi connectivity index (χ1) is 6.93. The Bertz CT molecular complexity index is 162. The van der Waals surface area contributed by atoms with Crippen molar-refractivity contribution in [1.29, 1.82) is 0 Å². The molecule has 0 heterocycles. The Morgan fingerprint density at radius 2 is 0.529 bits per heavy atom. The third-order valence-corrected chi connectivity index (χ3v) is 0. The maximum absolute atomic E-state index is 8.89. The van der Waals surface area contributed by atoms with Gasteiger partial charge in [-0.05, 0) is 27.7 Å². The average molecular weight is 295 g/mol. The molecule has 0 aliphatic heterocycles. The Morgan fingerprint density at radius 3 is 0.529 bits per heavy atom. The quantitative estimate of drug-likeness (QED) is 0.401. The Morgan fingerprint density at radius 1 is 0.529 bits per heavy atom. The molecule has 0 spiro atoms. The van der Waals surface area contributed by atoms with Crippen LogP contribution in [0.5, 0.6) is 0 Å². The first kappa shape index (κ1) is 29.5. The van der Waals surface area contributed by atoms with E-state index in [0.29, 0.717) is 0 Å². The van der Waals surface area contributed by atoms with Crippen molar-refractivity contribution in [2.24, 2.45) is 0 Å². The number of hydrogen-bond acceptors (Lipinski definition) is 8. The van der Waals surface area contributed by atoms with Crippen LogP contribution in [0.15, 0.2) is 0 Å². The smallest absolute Gasteiger partial charge is 0.550 e. The molecule has 102 valence electrons. The summed E-state index contributed by atoms with van der Waals surface area (Å²) in [6.45, 7) is 3.89. The molecule has 17 heavy (non-hydrogen) atoms. The molecular weight excluding hydrogens is 283 g/mol. The van der Waals surface area contributed by atoms with Crippen LogP contribution < -0.4 is 20.4 Å². The molecule has 0 unspecified atom stereocenters. The third-order valence-electron chi connectivity index (χ3n) is 0. The topological polar surface area (TPSA) is 161 Å². The Kier molecular flexibility index (Phi) is 41.5. The van der Waals surface area contributed by atoms with E-state index in [1.807, 2.05) is 0 Å². The van der Waals surface area contributed by atoms with Crippen molar-refractivity contribution >= 4 is 23.9 Å². The van der Waals surface area contributed by atoms with Gasteiger partial charge in [0, 0.05) is 23.9 Å². The maximum atomic E-state index is 8.89. The largest absolute Gasteiger partial charge is 4.00 e. The molecule has 0 amide bonds. The van der Waals surface area contributed by atoms with Gasteiger partial charge >= 0.3 is 16.5 Å². The van der Waals surface area contributed by atoms with Gasteiger partial charge in [-0.25, -0.2) is 0 Å². The molecule has 0 saturated carbocycles. The zero-order valence-electron chi connectivity index (χ0n) is 9.58. The minimum Gasteiger partial charge on any atom is -0.550 e. The summed E-state index contributed by atoms with van der Waals surface area (Å²) in [4.78, 5) is 35.6. The van der Waals surface area contributed by atoms with Gasteiger partial charge in [0.1, 0.15) is 0 Å². The van der Waals surface area contributed by atoms with Gasteiger partial charge in [0.05, 0.1) is 0 Å². The number of carboxylic acids is 4. The molecule has 8 nitrogen and oxygen atoms in total. The number of rotatable bonds is 0. The minimum atomic E-state index is -1.08. The van der Waals surface area contributed by atoms with Crippen LogP contribution in [0.2, 0.25) is 0 Å². The molecule has 0 aliphatic rings. The molecule has 0 rings (SSSR count). The molecular formula is C8H12NiO8. The summed E-state index contributed by atoms with van der Waals surface area (Å²) in [6, 6.07) is 0. The Balaban J connectivity index is -0.0000000369. The first-order valence-corrected chi connectivity index (χ1v) is 3.63. The second kappa shape index (κ2) is 23.9. The number of carbonyl (C=O) groups is 4. The molecule has 0 aromatic carbocycles. The maximum Gasteiger partial charge on any atom is 4.00 e. The summed E-state index contributed by atoms with van der Waals surface area (Å²) >= 11 is 0. The van der Waals surface area contributed by atoms with Gasteiger partial charge in [-0.3, -0.25) is 0 Å². The molecule has 0 bridgehead atoms. The molecule has 9 heteroatoms. The van der Waals surface area contributed by atoms with Gasteiger partial charge in [-0.2, -0.15) is 0 Å². The summed E-state index contributed by atoms with van der Waals surface area (Å²) in [6.07, 6.45) is 0. The van der Waals surface area contributed by atoms with E-state index in [2.05, 4.69) is 0 Å². The van der Waals surface area contributed by atoms with Crippen LogP contribution in [-0.4, -0.2) is 23.9 Å². The summed E-state index contributed by atoms with van der Waals surface area (Å²) in [5.41, 5.74) is 0. The summed E-state index contributed by atoms with van der Waals surface area (Å²) in [5, 5.41) is 35.6. The van der Waals surface area contributed by atoms with Gasteiger partial charge < -0.3 is 39.6 Å². The average Bonchev–Trinajstić information content (AvgIpc) is 1.76. The van der Waals surface area contributed by atoms with Crippen molar-refractivity contribution in [2.45, 2.75) is 27.7 Å². The molecule has 0 radical (unpaired) electrons. The fourth-order valence-electron chi connectivity index (χ4n) is 0. The normalized spacial score (nSPS) is 5.88. The number of hydrogen-bond donors (Lipinski definition) is 0. The monoisotopic (exact) mass is 294 g/mol. The van der Waals surface area contributed by atoms with E-state index in [9.17, 15) is 0 Å². The third kappa shape index (κ3) is 832. The van der Waals surface area contributed by atoms with Crippen molar-refractivity contribution in [3.63, 3.8) is 0 Å². The standard InChI is InChI=1S/4C2H4O2.Ni/c4*1-2(3)4;/h4*1H3,(H,3,4);/q;;;;+4/p-4. The van der Waals surface area contributed by atoms with E-state index in [4.69, 9.17) is 39.6 Å². The van der Waals surface area contributed by atoms with Crippen LogP contribution in [0, 0.1) is 0 Å². The van der Waals surface area contributed by atoms with Crippen LogP contribution in [0.3, 0.4) is 0 Å². The molecule has 0 saturated heterocycles. The van der Waals surface area contributed by atoms with E-state index in [0.717, 1.165) is 27.7 Å². The molecule has 0 aromatic rings. The Labute approximate surface area is 108 Å². The summed E-state index contributed by atoms with van der Waals surface area (Å²) in [7, 11) is 0. The van der Waals surface area contributed by atoms with Crippen LogP contribution in [0.4, 0.5) is 0 Å². The second-order valence-electron chi connectivity index (χ2n) is 1.97. The number of carbonyl (C=O) groups excluding carboxylic acids is 4. The number of carboxylic acid groups (broad SMARTS) is 4. The van der Waals surface area contributed by atoms with Crippen molar-refractivity contribution in [3.05, 3.63) is 0 Å². The van der Waals surface area contributed by atoms with Gasteiger partial charge in [0.2, 0.25) is 0 Å². The molecule has 0 atom stereocenters. The second-order valence-corrected chi connectivity index (χ2v) is 1.97. The van der Waals surface area contributed by atoms with Crippen molar-refractivity contribution in [3.8, 4) is 0 Å². The fourth-order valence-corrected chi connectivity index (χ4v) is 0. The zero-order chi connectivity index (χ0) is 14.3. The molecule has 0 aromatic heterocycles. The fraction of sp³-hybridized carbons (Fsp3) is 0.500. The predicted molar refractivity (Wildman–Crippen MR) is 42.7 cm³/mol. The summed E-state index contributed by atoms with van der Waals surface area (Å²) < 4.78 is 0. The SMILES string of the molecule is CC(=O)[O-].CC(=O)[O-].CC(=O)[O-].CC(=O)[O-].[Ni+4]. The van der Waals surface area contributed by atoms with Gasteiger partial charge in [-0.15, -0.1) is 0 Å². The van der Waals surface area contributed by atoms with Crippen LogP contribution in [-0.2, 0) is 35.7 Å². The van der Waals surface area contributed by atoms with Crippen LogP contribution >= 0.6 is 0 Å². The van der Waals surface area contributed by atoms with E-state index in [1.54, 1.807) is 0 Å². The van der Waals surface area contributed by atoms with E-state index in [-0.39, 0.29) is 16.5 Å². The van der Waals surface area contributed by atoms with Crippen molar-refractivity contribution in [1.82, 2.24) is 0 Å². The minimum absolute atomic E-state index is 0. The van der Waals surface area contributed by atoms with Crippen LogP contribution in [0.1, 0.15) is 27.7 Å². The summed E-state index contributed by atoms with van der Waals surface area (Å²) in [5.74, 6) is -4.33. The van der Waals surface area contributed by atoms with E-state index < -0.39 is 23.9 Å². The van der Waals surface area contributed by atoms with Gasteiger partial charge in [0.15, 0.2) is 0 Å². The van der Waals surface area contributed by atoms with Gasteiger partial charge in [0.25, 0.3) is 0 Å². The molecule has 0 fully saturated rings. The van der Waals surface area contributed by atoms with Crippen LogP contribution in [0.25, 0.3) is 0 Å². The van der Waals surface area contributed by atoms with Crippen molar-refractivity contribution < 1.29 is 56.1 Å². The van der Waals surface area contributed by atoms with E-state index >= 15 is 0 Å². The predicted octanol–water partition coefficient (Wildman–Crippen LogP) is -4.98. The van der Waals surface area contributed by atoms with Gasteiger partial charge in [-0.1, -0.05) is 0 Å².